The molecule has 0 radical (unpaired) electrons. The highest BCUT2D eigenvalue weighted by Gasteiger charge is 2.15. The molecule has 2 unspecified atom stereocenters. The van der Waals surface area contributed by atoms with Gasteiger partial charge in [-0.1, -0.05) is 19.1 Å². The molecule has 2 N–H and O–H groups in total. The van der Waals surface area contributed by atoms with E-state index in [1.165, 1.54) is 0 Å². The molecule has 5 nitrogen and oxygen atoms in total. The highest BCUT2D eigenvalue weighted by molar-refractivity contribution is 7.89. The summed E-state index contributed by atoms with van der Waals surface area (Å²) < 4.78 is 37.6. The van der Waals surface area contributed by atoms with E-state index in [9.17, 15) is 12.6 Å². The molecule has 1 aromatic rings. The topological polar surface area (TPSA) is 75.3 Å². The zero-order valence-electron chi connectivity index (χ0n) is 12.0. The van der Waals surface area contributed by atoms with Gasteiger partial charge in [-0.15, -0.1) is 0 Å². The molecule has 0 saturated heterocycles. The first-order valence-electron chi connectivity index (χ1n) is 6.50. The third kappa shape index (κ3) is 5.32. The Morgan fingerprint density at radius 3 is 2.65 bits per heavy atom. The molecule has 7 heteroatoms. The molecule has 0 amide bonds. The standard InChI is InChI=1S/C13H22N2O3S2/c1-4-14-11(2)12-6-5-7-13(10-12)20(17,18)15-8-9-19(3)16/h5-7,10-11,14-15H,4,8-9H2,1-3H3. The SMILES string of the molecule is CCNC(C)c1cccc(S(=O)(=O)NCCS(C)=O)c1. The molecule has 0 aliphatic rings. The normalized spacial score (nSPS) is 14.9. The van der Waals surface area contributed by atoms with Crippen molar-refractivity contribution in [2.45, 2.75) is 24.8 Å². The Kier molecular flexibility index (Phi) is 6.81. The molecule has 0 aliphatic carbocycles. The lowest BCUT2D eigenvalue weighted by Gasteiger charge is -2.14. The summed E-state index contributed by atoms with van der Waals surface area (Å²) in [6, 6.07) is 6.95. The minimum Gasteiger partial charge on any atom is -0.310 e. The Balaban J connectivity index is 2.84. The summed E-state index contributed by atoms with van der Waals surface area (Å²) >= 11 is 0. The van der Waals surface area contributed by atoms with Crippen molar-refractivity contribution in [2.24, 2.45) is 0 Å². The third-order valence-electron chi connectivity index (χ3n) is 2.86. The maximum absolute atomic E-state index is 12.1. The van der Waals surface area contributed by atoms with E-state index in [4.69, 9.17) is 0 Å². The van der Waals surface area contributed by atoms with Gasteiger partial charge in [0.15, 0.2) is 0 Å². The molecule has 0 aliphatic heterocycles. The summed E-state index contributed by atoms with van der Waals surface area (Å²) in [5, 5.41) is 3.24. The Hall–Kier alpha value is -0.760. The third-order valence-corrected chi connectivity index (χ3v) is 5.10. The molecule has 1 rings (SSSR count). The Labute approximate surface area is 123 Å². The molecule has 2 atom stereocenters. The summed E-state index contributed by atoms with van der Waals surface area (Å²) in [4.78, 5) is 0.238. The second-order valence-electron chi connectivity index (χ2n) is 4.53. The van der Waals surface area contributed by atoms with Crippen LogP contribution in [0.4, 0.5) is 0 Å². The van der Waals surface area contributed by atoms with Gasteiger partial charge in [0, 0.05) is 35.4 Å². The summed E-state index contributed by atoms with van der Waals surface area (Å²) in [5.74, 6) is 0.312. The molecular weight excluding hydrogens is 296 g/mol. The molecule has 1 aromatic carbocycles. The van der Waals surface area contributed by atoms with Gasteiger partial charge in [0.1, 0.15) is 0 Å². The average Bonchev–Trinajstić information content (AvgIpc) is 2.38. The minimum absolute atomic E-state index is 0.0956. The highest BCUT2D eigenvalue weighted by atomic mass is 32.2. The fraction of sp³-hybridized carbons (Fsp3) is 0.538. The maximum Gasteiger partial charge on any atom is 0.240 e. The molecule has 0 heterocycles. The van der Waals surface area contributed by atoms with Crippen LogP contribution in [0.3, 0.4) is 0 Å². The maximum atomic E-state index is 12.1. The van der Waals surface area contributed by atoms with E-state index in [0.29, 0.717) is 5.75 Å². The quantitative estimate of drug-likeness (QED) is 0.750. The second-order valence-corrected chi connectivity index (χ2v) is 7.85. The number of rotatable bonds is 8. The van der Waals surface area contributed by atoms with Crippen molar-refractivity contribution in [3.05, 3.63) is 29.8 Å². The number of nitrogens with one attached hydrogen (secondary N) is 2. The van der Waals surface area contributed by atoms with Crippen LogP contribution in [0.1, 0.15) is 25.5 Å². The molecule has 114 valence electrons. The fourth-order valence-electron chi connectivity index (χ4n) is 1.78. The van der Waals surface area contributed by atoms with Crippen LogP contribution >= 0.6 is 0 Å². The van der Waals surface area contributed by atoms with Crippen molar-refractivity contribution >= 4 is 20.8 Å². The molecular formula is C13H22N2O3S2. The van der Waals surface area contributed by atoms with Crippen molar-refractivity contribution in [3.63, 3.8) is 0 Å². The van der Waals surface area contributed by atoms with Crippen molar-refractivity contribution in [1.82, 2.24) is 10.0 Å². The van der Waals surface area contributed by atoms with Crippen LogP contribution in [0.25, 0.3) is 0 Å². The first-order valence-corrected chi connectivity index (χ1v) is 9.71. The van der Waals surface area contributed by atoms with Crippen LogP contribution in [-0.4, -0.2) is 37.7 Å². The number of sulfonamides is 1. The smallest absolute Gasteiger partial charge is 0.240 e. The van der Waals surface area contributed by atoms with E-state index < -0.39 is 20.8 Å². The van der Waals surface area contributed by atoms with Gasteiger partial charge < -0.3 is 5.32 Å². The van der Waals surface area contributed by atoms with Gasteiger partial charge in [0.2, 0.25) is 10.0 Å². The van der Waals surface area contributed by atoms with Crippen molar-refractivity contribution in [3.8, 4) is 0 Å². The molecule has 0 fully saturated rings. The van der Waals surface area contributed by atoms with E-state index in [1.807, 2.05) is 19.9 Å². The zero-order chi connectivity index (χ0) is 15.2. The van der Waals surface area contributed by atoms with Crippen LogP contribution in [0.5, 0.6) is 0 Å². The van der Waals surface area contributed by atoms with E-state index in [1.54, 1.807) is 24.5 Å². The zero-order valence-corrected chi connectivity index (χ0v) is 13.7. The van der Waals surface area contributed by atoms with Gasteiger partial charge in [-0.25, -0.2) is 13.1 Å². The van der Waals surface area contributed by atoms with Crippen LogP contribution in [0.15, 0.2) is 29.2 Å². The molecule has 0 saturated carbocycles. The second kappa shape index (κ2) is 7.87. The minimum atomic E-state index is -3.54. The largest absolute Gasteiger partial charge is 0.310 e. The van der Waals surface area contributed by atoms with E-state index >= 15 is 0 Å². The molecule has 20 heavy (non-hydrogen) atoms. The van der Waals surface area contributed by atoms with Gasteiger partial charge in [-0.2, -0.15) is 0 Å². The number of hydrogen-bond acceptors (Lipinski definition) is 4. The van der Waals surface area contributed by atoms with E-state index in [2.05, 4.69) is 10.0 Å². The van der Waals surface area contributed by atoms with Gasteiger partial charge in [-0.3, -0.25) is 4.21 Å². The summed E-state index contributed by atoms with van der Waals surface area (Å²) in [5.41, 5.74) is 0.925. The lowest BCUT2D eigenvalue weighted by atomic mass is 10.1. The summed E-state index contributed by atoms with van der Waals surface area (Å²) in [7, 11) is -4.55. The Morgan fingerprint density at radius 2 is 2.05 bits per heavy atom. The molecule has 0 spiro atoms. The fourth-order valence-corrected chi connectivity index (χ4v) is 3.38. The first kappa shape index (κ1) is 17.3. The van der Waals surface area contributed by atoms with E-state index in [0.717, 1.165) is 12.1 Å². The Morgan fingerprint density at radius 1 is 1.35 bits per heavy atom. The molecule has 0 bridgehead atoms. The van der Waals surface area contributed by atoms with Crippen molar-refractivity contribution < 1.29 is 12.6 Å². The summed E-state index contributed by atoms with van der Waals surface area (Å²) in [6.45, 7) is 4.99. The lowest BCUT2D eigenvalue weighted by molar-refractivity contribution is 0.581. The monoisotopic (exact) mass is 318 g/mol. The van der Waals surface area contributed by atoms with Crippen molar-refractivity contribution in [2.75, 3.05) is 25.1 Å². The number of hydrogen-bond donors (Lipinski definition) is 2. The van der Waals surface area contributed by atoms with Crippen LogP contribution in [-0.2, 0) is 20.8 Å². The first-order chi connectivity index (χ1) is 9.36. The lowest BCUT2D eigenvalue weighted by Crippen LogP contribution is -2.28. The predicted molar refractivity (Wildman–Crippen MR) is 82.7 cm³/mol. The van der Waals surface area contributed by atoms with Crippen molar-refractivity contribution in [1.29, 1.82) is 0 Å². The van der Waals surface area contributed by atoms with Crippen LogP contribution < -0.4 is 10.0 Å². The molecule has 0 aromatic heterocycles. The van der Waals surface area contributed by atoms with Gasteiger partial charge in [-0.05, 0) is 31.2 Å². The van der Waals surface area contributed by atoms with Crippen LogP contribution in [0, 0.1) is 0 Å². The highest BCUT2D eigenvalue weighted by Crippen LogP contribution is 2.17. The van der Waals surface area contributed by atoms with Gasteiger partial charge >= 0.3 is 0 Å². The average molecular weight is 318 g/mol. The Bertz CT molecular complexity index is 558. The summed E-state index contributed by atoms with van der Waals surface area (Å²) in [6.07, 6.45) is 1.55. The predicted octanol–water partition coefficient (Wildman–Crippen LogP) is 1.01. The van der Waals surface area contributed by atoms with E-state index in [-0.39, 0.29) is 17.5 Å². The van der Waals surface area contributed by atoms with Gasteiger partial charge in [0.25, 0.3) is 0 Å². The number of benzene rings is 1. The van der Waals surface area contributed by atoms with Gasteiger partial charge in [0.05, 0.1) is 4.90 Å². The van der Waals surface area contributed by atoms with Crippen LogP contribution in [0.2, 0.25) is 0 Å².